The van der Waals surface area contributed by atoms with Gasteiger partial charge >= 0.3 is 0 Å². The Morgan fingerprint density at radius 1 is 1.04 bits per heavy atom. The molecule has 1 spiro atoms. The summed E-state index contributed by atoms with van der Waals surface area (Å²) < 4.78 is 6.03. The number of amides is 1. The maximum absolute atomic E-state index is 12.2. The fourth-order valence-electron chi connectivity index (χ4n) is 4.31. The van der Waals surface area contributed by atoms with Crippen LogP contribution in [-0.2, 0) is 16.1 Å². The van der Waals surface area contributed by atoms with Gasteiger partial charge in [-0.15, -0.1) is 0 Å². The van der Waals surface area contributed by atoms with E-state index in [-0.39, 0.29) is 17.4 Å². The van der Waals surface area contributed by atoms with E-state index in [1.807, 2.05) is 36.4 Å². The Morgan fingerprint density at radius 2 is 1.72 bits per heavy atom. The molecule has 3 heteroatoms. The van der Waals surface area contributed by atoms with Crippen LogP contribution >= 0.6 is 0 Å². The zero-order valence-corrected chi connectivity index (χ0v) is 15.2. The summed E-state index contributed by atoms with van der Waals surface area (Å²) in [6.07, 6.45) is 15.5. The van der Waals surface area contributed by atoms with Gasteiger partial charge in [-0.2, -0.15) is 0 Å². The highest BCUT2D eigenvalue weighted by atomic mass is 16.5. The van der Waals surface area contributed by atoms with E-state index in [2.05, 4.69) is 5.32 Å². The molecule has 0 aromatic heterocycles. The van der Waals surface area contributed by atoms with Crippen molar-refractivity contribution in [1.82, 2.24) is 5.32 Å². The van der Waals surface area contributed by atoms with Crippen LogP contribution in [0.3, 0.4) is 0 Å². The number of hydrogen-bond acceptors (Lipinski definition) is 2. The zero-order chi connectivity index (χ0) is 17.4. The van der Waals surface area contributed by atoms with Crippen molar-refractivity contribution in [3.63, 3.8) is 0 Å². The third kappa shape index (κ3) is 5.18. The van der Waals surface area contributed by atoms with Crippen LogP contribution in [0.2, 0.25) is 0 Å². The van der Waals surface area contributed by atoms with E-state index in [4.69, 9.17) is 4.74 Å². The summed E-state index contributed by atoms with van der Waals surface area (Å²) in [5, 5.41) is 2.97. The molecule has 1 amide bonds. The van der Waals surface area contributed by atoms with Gasteiger partial charge in [-0.25, -0.2) is 0 Å². The number of rotatable bonds is 4. The minimum Gasteiger partial charge on any atom is -0.374 e. The molecule has 2 fully saturated rings. The summed E-state index contributed by atoms with van der Waals surface area (Å²) in [6.45, 7) is 1.40. The second kappa shape index (κ2) is 9.19. The lowest BCUT2D eigenvalue weighted by Crippen LogP contribution is -2.30. The van der Waals surface area contributed by atoms with Gasteiger partial charge in [-0.05, 0) is 30.9 Å². The van der Waals surface area contributed by atoms with E-state index in [1.165, 1.54) is 51.4 Å². The molecule has 1 aromatic carbocycles. The summed E-state index contributed by atoms with van der Waals surface area (Å²) >= 11 is 0. The number of nitrogens with one attached hydrogen (secondary N) is 1. The standard InChI is InChI=1S/C22H31NO2/c24-21(23-18-19-10-6-5-7-11-19)13-12-20-22(16-17-25-20)14-8-3-1-2-4-9-15-22/h5-7,10-13,20H,1-4,8-9,14-18H2,(H,23,24)/b13-12+. The summed E-state index contributed by atoms with van der Waals surface area (Å²) in [7, 11) is 0. The van der Waals surface area contributed by atoms with Gasteiger partial charge in [-0.3, -0.25) is 4.79 Å². The Balaban J connectivity index is 1.56. The van der Waals surface area contributed by atoms with Gasteiger partial charge in [0.2, 0.25) is 5.91 Å². The average molecular weight is 341 g/mol. The molecule has 1 aliphatic heterocycles. The van der Waals surface area contributed by atoms with Crippen LogP contribution in [0.1, 0.15) is 63.4 Å². The number of ether oxygens (including phenoxy) is 1. The monoisotopic (exact) mass is 341 g/mol. The van der Waals surface area contributed by atoms with Gasteiger partial charge < -0.3 is 10.1 Å². The van der Waals surface area contributed by atoms with Crippen molar-refractivity contribution in [3.8, 4) is 0 Å². The van der Waals surface area contributed by atoms with Crippen molar-refractivity contribution in [1.29, 1.82) is 0 Å². The van der Waals surface area contributed by atoms with E-state index in [0.717, 1.165) is 18.6 Å². The predicted octanol–water partition coefficient (Wildman–Crippen LogP) is 4.77. The van der Waals surface area contributed by atoms with Crippen molar-refractivity contribution in [3.05, 3.63) is 48.0 Å². The lowest BCUT2D eigenvalue weighted by molar-refractivity contribution is -0.116. The molecule has 3 nitrogen and oxygen atoms in total. The van der Waals surface area contributed by atoms with Crippen LogP contribution < -0.4 is 5.32 Å². The third-order valence-corrected chi connectivity index (χ3v) is 5.83. The lowest BCUT2D eigenvalue weighted by Gasteiger charge is -2.32. The first-order chi connectivity index (χ1) is 12.3. The molecule has 1 aliphatic carbocycles. The molecule has 1 saturated heterocycles. The topological polar surface area (TPSA) is 38.3 Å². The van der Waals surface area contributed by atoms with Crippen molar-refractivity contribution in [2.45, 2.75) is 70.4 Å². The highest BCUT2D eigenvalue weighted by molar-refractivity contribution is 5.87. The Hall–Kier alpha value is -1.61. The van der Waals surface area contributed by atoms with Crippen LogP contribution in [0.4, 0.5) is 0 Å². The number of carbonyl (C=O) groups excluding carboxylic acids is 1. The highest BCUT2D eigenvalue weighted by Gasteiger charge is 2.41. The molecule has 0 bridgehead atoms. The molecule has 1 atom stereocenters. The van der Waals surface area contributed by atoms with Crippen molar-refractivity contribution in [2.75, 3.05) is 6.61 Å². The smallest absolute Gasteiger partial charge is 0.244 e. The van der Waals surface area contributed by atoms with E-state index in [0.29, 0.717) is 6.54 Å². The fraction of sp³-hybridized carbons (Fsp3) is 0.591. The second-order valence-electron chi connectivity index (χ2n) is 7.59. The van der Waals surface area contributed by atoms with Gasteiger partial charge in [0.15, 0.2) is 0 Å². The number of hydrogen-bond donors (Lipinski definition) is 1. The molecule has 3 rings (SSSR count). The number of benzene rings is 1. The molecule has 1 saturated carbocycles. The first-order valence-electron chi connectivity index (χ1n) is 9.90. The molecule has 1 heterocycles. The minimum absolute atomic E-state index is 0.0300. The Kier molecular flexibility index (Phi) is 6.69. The highest BCUT2D eigenvalue weighted by Crippen LogP contribution is 2.45. The quantitative estimate of drug-likeness (QED) is 0.801. The first kappa shape index (κ1) is 18.2. The van der Waals surface area contributed by atoms with E-state index in [1.54, 1.807) is 6.08 Å². The van der Waals surface area contributed by atoms with Crippen LogP contribution in [0.5, 0.6) is 0 Å². The van der Waals surface area contributed by atoms with E-state index in [9.17, 15) is 4.79 Å². The third-order valence-electron chi connectivity index (χ3n) is 5.83. The molecule has 1 aromatic rings. The summed E-state index contributed by atoms with van der Waals surface area (Å²) in [6, 6.07) is 10.0. The summed E-state index contributed by atoms with van der Waals surface area (Å²) in [4.78, 5) is 12.2. The molecule has 25 heavy (non-hydrogen) atoms. The Labute approximate surface area is 151 Å². The Bertz CT molecular complexity index is 557. The SMILES string of the molecule is O=C(/C=C/C1OCCC12CCCCCCCC2)NCc1ccccc1. The van der Waals surface area contributed by atoms with Crippen molar-refractivity contribution >= 4 is 5.91 Å². The normalized spacial score (nSPS) is 23.9. The fourth-order valence-corrected chi connectivity index (χ4v) is 4.31. The molecule has 136 valence electrons. The van der Waals surface area contributed by atoms with Crippen molar-refractivity contribution < 1.29 is 9.53 Å². The van der Waals surface area contributed by atoms with Gasteiger partial charge in [0.25, 0.3) is 0 Å². The predicted molar refractivity (Wildman–Crippen MR) is 101 cm³/mol. The van der Waals surface area contributed by atoms with Gasteiger partial charge in [0.05, 0.1) is 6.10 Å². The van der Waals surface area contributed by atoms with E-state index < -0.39 is 0 Å². The van der Waals surface area contributed by atoms with Crippen LogP contribution in [-0.4, -0.2) is 18.6 Å². The van der Waals surface area contributed by atoms with Crippen molar-refractivity contribution in [2.24, 2.45) is 5.41 Å². The summed E-state index contributed by atoms with van der Waals surface area (Å²) in [5.74, 6) is -0.0300. The molecular formula is C22H31NO2. The van der Waals surface area contributed by atoms with Crippen LogP contribution in [0.15, 0.2) is 42.5 Å². The maximum atomic E-state index is 12.2. The molecule has 1 unspecified atom stereocenters. The molecule has 2 aliphatic rings. The second-order valence-corrected chi connectivity index (χ2v) is 7.59. The average Bonchev–Trinajstić information content (AvgIpc) is 3.08. The van der Waals surface area contributed by atoms with Gasteiger partial charge in [0.1, 0.15) is 0 Å². The molecule has 0 radical (unpaired) electrons. The van der Waals surface area contributed by atoms with Crippen LogP contribution in [0.25, 0.3) is 0 Å². The largest absolute Gasteiger partial charge is 0.374 e. The van der Waals surface area contributed by atoms with Gasteiger partial charge in [-0.1, -0.05) is 68.9 Å². The Morgan fingerprint density at radius 3 is 2.44 bits per heavy atom. The van der Waals surface area contributed by atoms with Gasteiger partial charge in [0, 0.05) is 24.6 Å². The molecule has 1 N–H and O–H groups in total. The lowest BCUT2D eigenvalue weighted by atomic mass is 9.73. The minimum atomic E-state index is -0.0300. The molecular weight excluding hydrogens is 310 g/mol. The van der Waals surface area contributed by atoms with Crippen LogP contribution in [0, 0.1) is 5.41 Å². The number of carbonyl (C=O) groups is 1. The first-order valence-corrected chi connectivity index (χ1v) is 9.90. The summed E-state index contributed by atoms with van der Waals surface area (Å²) in [5.41, 5.74) is 1.38. The maximum Gasteiger partial charge on any atom is 0.244 e. The zero-order valence-electron chi connectivity index (χ0n) is 15.2. The van der Waals surface area contributed by atoms with E-state index >= 15 is 0 Å².